The maximum absolute atomic E-state index is 12.7. The van der Waals surface area contributed by atoms with Gasteiger partial charge in [0.15, 0.2) is 6.10 Å². The molecule has 0 amide bonds. The topological polar surface area (TPSA) is 84.9 Å². The van der Waals surface area contributed by atoms with Crippen LogP contribution in [0.1, 0.15) is 70.3 Å². The largest absolute Gasteiger partial charge is 0.479 e. The first-order valence-electron chi connectivity index (χ1n) is 15.7. The number of carboxylic acids is 1. The number of ether oxygens (including phenoxy) is 1. The normalized spacial score (nSPS) is 15.8. The monoisotopic (exact) mass is 605 g/mol. The van der Waals surface area contributed by atoms with Crippen molar-refractivity contribution < 1.29 is 14.6 Å². The molecule has 0 radical (unpaired) electrons. The number of nitrogens with zero attached hydrogens (tertiary/aromatic N) is 5. The standard InChI is InChI=1S/C37H43N5O3/c1-25-19-31-39-30(28-14-10-13-27(20-28)29-21-38-41(23-29)22-26-11-8-7-9-12-26)24-42(31)34(40-17-15-37(5,6)16-18-40)32(25)33(35(43)44)45-36(2,3)4/h7-14,19-21,23-24,33H,15-18,22H2,1-6H3,(H,43,44)/t33-/m0/s1. The Morgan fingerprint density at radius 1 is 0.978 bits per heavy atom. The van der Waals surface area contributed by atoms with E-state index in [0.29, 0.717) is 12.1 Å². The molecule has 3 aromatic heterocycles. The van der Waals surface area contributed by atoms with Crippen LogP contribution in [0.2, 0.25) is 0 Å². The van der Waals surface area contributed by atoms with Crippen LogP contribution in [0, 0.1) is 12.3 Å². The SMILES string of the molecule is Cc1cc2nc(-c3cccc(-c4cnn(Cc5ccccc5)c4)c3)cn2c(N2CCC(C)(C)CC2)c1[C@H](OC(C)(C)C)C(=O)O. The predicted molar refractivity (Wildman–Crippen MR) is 179 cm³/mol. The van der Waals surface area contributed by atoms with Crippen LogP contribution in [0.15, 0.2) is 79.3 Å². The van der Waals surface area contributed by atoms with Crippen LogP contribution in [0.3, 0.4) is 0 Å². The molecule has 0 bridgehead atoms. The third-order valence-corrected chi connectivity index (χ3v) is 8.66. The van der Waals surface area contributed by atoms with Gasteiger partial charge in [0.25, 0.3) is 0 Å². The molecule has 45 heavy (non-hydrogen) atoms. The van der Waals surface area contributed by atoms with Crippen LogP contribution < -0.4 is 4.90 Å². The van der Waals surface area contributed by atoms with Crippen LogP contribution in [0.25, 0.3) is 28.0 Å². The van der Waals surface area contributed by atoms with Crippen molar-refractivity contribution in [3.63, 3.8) is 0 Å². The van der Waals surface area contributed by atoms with Gasteiger partial charge in [-0.2, -0.15) is 5.10 Å². The first-order valence-corrected chi connectivity index (χ1v) is 15.7. The number of anilines is 1. The molecule has 4 heterocycles. The molecular weight excluding hydrogens is 562 g/mol. The van der Waals surface area contributed by atoms with Crippen LogP contribution in [0.4, 0.5) is 5.82 Å². The molecule has 2 aromatic carbocycles. The highest BCUT2D eigenvalue weighted by Gasteiger charge is 2.35. The van der Waals surface area contributed by atoms with Crippen molar-refractivity contribution in [1.29, 1.82) is 0 Å². The number of hydrogen-bond donors (Lipinski definition) is 1. The minimum absolute atomic E-state index is 0.239. The smallest absolute Gasteiger partial charge is 0.337 e. The predicted octanol–water partition coefficient (Wildman–Crippen LogP) is 7.79. The molecule has 1 N–H and O–H groups in total. The fourth-order valence-corrected chi connectivity index (χ4v) is 6.17. The maximum atomic E-state index is 12.7. The number of benzene rings is 2. The number of hydrogen-bond acceptors (Lipinski definition) is 5. The van der Waals surface area contributed by atoms with Crippen molar-refractivity contribution in [2.24, 2.45) is 5.41 Å². The number of fused-ring (bicyclic) bond motifs is 1. The number of piperidine rings is 1. The van der Waals surface area contributed by atoms with Crippen molar-refractivity contribution in [2.75, 3.05) is 18.0 Å². The number of aromatic nitrogens is 4. The highest BCUT2D eigenvalue weighted by Crippen LogP contribution is 2.40. The van der Waals surface area contributed by atoms with Gasteiger partial charge in [0.1, 0.15) is 11.5 Å². The van der Waals surface area contributed by atoms with Gasteiger partial charge in [0.05, 0.1) is 24.0 Å². The summed E-state index contributed by atoms with van der Waals surface area (Å²) in [7, 11) is 0. The molecule has 234 valence electrons. The van der Waals surface area contributed by atoms with Crippen LogP contribution in [0.5, 0.6) is 0 Å². The molecule has 0 saturated carbocycles. The number of imidazole rings is 1. The minimum atomic E-state index is -1.11. The molecule has 8 nitrogen and oxygen atoms in total. The van der Waals surface area contributed by atoms with Gasteiger partial charge >= 0.3 is 5.97 Å². The lowest BCUT2D eigenvalue weighted by atomic mass is 9.82. The summed E-state index contributed by atoms with van der Waals surface area (Å²) in [5, 5.41) is 15.0. The quantitative estimate of drug-likeness (QED) is 0.194. The van der Waals surface area contributed by atoms with Crippen molar-refractivity contribution in [3.8, 4) is 22.4 Å². The van der Waals surface area contributed by atoms with E-state index in [0.717, 1.165) is 65.3 Å². The van der Waals surface area contributed by atoms with Crippen LogP contribution in [-0.2, 0) is 16.1 Å². The average molecular weight is 606 g/mol. The highest BCUT2D eigenvalue weighted by molar-refractivity contribution is 5.80. The Bertz CT molecular complexity index is 1820. The van der Waals surface area contributed by atoms with Gasteiger partial charge in [0, 0.05) is 42.2 Å². The molecule has 8 heteroatoms. The molecular formula is C37H43N5O3. The lowest BCUT2D eigenvalue weighted by molar-refractivity contribution is -0.160. The molecule has 1 aliphatic heterocycles. The Labute approximate surface area is 265 Å². The zero-order valence-corrected chi connectivity index (χ0v) is 27.1. The first kappa shape index (κ1) is 30.6. The van der Waals surface area contributed by atoms with Gasteiger partial charge < -0.3 is 14.7 Å². The number of aryl methyl sites for hydroxylation is 1. The van der Waals surface area contributed by atoms with E-state index in [4.69, 9.17) is 9.72 Å². The summed E-state index contributed by atoms with van der Waals surface area (Å²) in [5.41, 5.74) is 7.04. The Balaban J connectivity index is 1.41. The summed E-state index contributed by atoms with van der Waals surface area (Å²) in [6.07, 6.45) is 6.94. The van der Waals surface area contributed by atoms with E-state index in [2.05, 4.69) is 64.8 Å². The molecule has 5 aromatic rings. The van der Waals surface area contributed by atoms with E-state index >= 15 is 0 Å². The van der Waals surface area contributed by atoms with E-state index in [1.54, 1.807) is 0 Å². The van der Waals surface area contributed by atoms with Crippen LogP contribution in [-0.4, -0.2) is 48.9 Å². The zero-order chi connectivity index (χ0) is 31.9. The van der Waals surface area contributed by atoms with Gasteiger partial charge in [-0.3, -0.25) is 9.08 Å². The van der Waals surface area contributed by atoms with Crippen molar-refractivity contribution in [3.05, 3.63) is 95.9 Å². The van der Waals surface area contributed by atoms with Crippen molar-refractivity contribution in [2.45, 2.75) is 72.6 Å². The first-order chi connectivity index (χ1) is 21.4. The Morgan fingerprint density at radius 3 is 2.38 bits per heavy atom. The van der Waals surface area contributed by atoms with Gasteiger partial charge in [0.2, 0.25) is 0 Å². The number of aliphatic carboxylic acids is 1. The summed E-state index contributed by atoms with van der Waals surface area (Å²) < 4.78 is 10.2. The van der Waals surface area contributed by atoms with Gasteiger partial charge in [-0.05, 0) is 74.8 Å². The van der Waals surface area contributed by atoms with E-state index < -0.39 is 17.7 Å². The summed E-state index contributed by atoms with van der Waals surface area (Å²) in [4.78, 5) is 20.1. The number of carbonyl (C=O) groups is 1. The summed E-state index contributed by atoms with van der Waals surface area (Å²) >= 11 is 0. The molecule has 6 rings (SSSR count). The average Bonchev–Trinajstić information content (AvgIpc) is 3.63. The van der Waals surface area contributed by atoms with Gasteiger partial charge in [-0.25, -0.2) is 9.78 Å². The Hall–Kier alpha value is -4.43. The maximum Gasteiger partial charge on any atom is 0.337 e. The summed E-state index contributed by atoms with van der Waals surface area (Å²) in [6.45, 7) is 14.6. The minimum Gasteiger partial charge on any atom is -0.479 e. The van der Waals surface area contributed by atoms with E-state index in [9.17, 15) is 9.90 Å². The lowest BCUT2D eigenvalue weighted by Gasteiger charge is -2.40. The van der Waals surface area contributed by atoms with Crippen molar-refractivity contribution in [1.82, 2.24) is 19.2 Å². The van der Waals surface area contributed by atoms with E-state index in [-0.39, 0.29) is 5.41 Å². The molecule has 1 fully saturated rings. The third kappa shape index (κ3) is 6.66. The van der Waals surface area contributed by atoms with E-state index in [1.807, 2.05) is 75.1 Å². The third-order valence-electron chi connectivity index (χ3n) is 8.66. The molecule has 1 saturated heterocycles. The highest BCUT2D eigenvalue weighted by atomic mass is 16.5. The molecule has 0 aliphatic carbocycles. The van der Waals surface area contributed by atoms with E-state index in [1.165, 1.54) is 5.56 Å². The van der Waals surface area contributed by atoms with Gasteiger partial charge in [-0.1, -0.05) is 62.4 Å². The lowest BCUT2D eigenvalue weighted by Crippen LogP contribution is -2.40. The second-order valence-corrected chi connectivity index (χ2v) is 14.0. The Morgan fingerprint density at radius 2 is 1.69 bits per heavy atom. The fourth-order valence-electron chi connectivity index (χ4n) is 6.17. The molecule has 0 unspecified atom stereocenters. The summed E-state index contributed by atoms with van der Waals surface area (Å²) in [6, 6.07) is 20.6. The zero-order valence-electron chi connectivity index (χ0n) is 27.1. The molecule has 1 aliphatic rings. The number of pyridine rings is 1. The van der Waals surface area contributed by atoms with Crippen molar-refractivity contribution >= 4 is 17.4 Å². The fraction of sp³-hybridized carbons (Fsp3) is 0.378. The molecule has 1 atom stereocenters. The second kappa shape index (κ2) is 11.8. The van der Waals surface area contributed by atoms with Gasteiger partial charge in [-0.15, -0.1) is 0 Å². The van der Waals surface area contributed by atoms with Crippen LogP contribution >= 0.6 is 0 Å². The Kier molecular flexibility index (Phi) is 8.04. The molecule has 0 spiro atoms. The second-order valence-electron chi connectivity index (χ2n) is 14.0. The number of carboxylic acid groups (broad SMARTS) is 1. The number of rotatable bonds is 8. The summed E-state index contributed by atoms with van der Waals surface area (Å²) in [5.74, 6) is -0.138.